The molecule has 0 saturated heterocycles. The molecule has 1 aromatic carbocycles. The number of hydrogen-bond donors (Lipinski definition) is 0. The van der Waals surface area contributed by atoms with Gasteiger partial charge in [0.05, 0.1) is 12.0 Å². The summed E-state index contributed by atoms with van der Waals surface area (Å²) in [5.74, 6) is -1.11. The molecule has 1 aromatic heterocycles. The summed E-state index contributed by atoms with van der Waals surface area (Å²) < 4.78 is 12.0. The predicted molar refractivity (Wildman–Crippen MR) is 98.4 cm³/mol. The number of benzene rings is 1. The highest BCUT2D eigenvalue weighted by molar-refractivity contribution is 6.01. The topological polar surface area (TPSA) is 101 Å². The molecule has 0 saturated carbocycles. The molecule has 8 nitrogen and oxygen atoms in total. The molecule has 0 amide bonds. The number of nitrogens with zero attached hydrogens (tertiary/aromatic N) is 2. The number of ether oxygens (including phenoxy) is 2. The summed E-state index contributed by atoms with van der Waals surface area (Å²) in [5.41, 5.74) is 1.70. The molecule has 2 rings (SSSR count). The summed E-state index contributed by atoms with van der Waals surface area (Å²) in [6.45, 7) is 7.44. The number of hydrogen-bond acceptors (Lipinski definition) is 6. The number of esters is 1. The first kappa shape index (κ1) is 19.9. The first-order chi connectivity index (χ1) is 12.8. The highest BCUT2D eigenvalue weighted by Gasteiger charge is 2.21. The lowest BCUT2D eigenvalue weighted by Gasteiger charge is -2.09. The molecule has 0 aliphatic heterocycles. The second-order valence-electron chi connectivity index (χ2n) is 5.83. The van der Waals surface area contributed by atoms with Gasteiger partial charge in [0.2, 0.25) is 5.78 Å². The average molecular weight is 372 g/mol. The van der Waals surface area contributed by atoms with Crippen molar-refractivity contribution in [1.29, 1.82) is 0 Å². The van der Waals surface area contributed by atoms with Gasteiger partial charge in [-0.25, -0.2) is 4.79 Å². The molecule has 0 bridgehead atoms. The number of allylic oxidation sites excluding steroid dienone is 1. The highest BCUT2D eigenvalue weighted by Crippen LogP contribution is 2.25. The van der Waals surface area contributed by atoms with Crippen LogP contribution in [0.3, 0.4) is 0 Å². The standard InChI is InChI=1S/C19H20N2O6/c1-5-8-20-12(2)9-15(13(20)3)17(22)11-27-19(23)16-10-14(21(24)25)6-7-18(16)26-4/h5-7,9-10H,1,8,11H2,2-4H3. The van der Waals surface area contributed by atoms with E-state index in [4.69, 9.17) is 9.47 Å². The molecule has 0 fully saturated rings. The zero-order valence-electron chi connectivity index (χ0n) is 15.4. The molecule has 0 atom stereocenters. The lowest BCUT2D eigenvalue weighted by molar-refractivity contribution is -0.384. The maximum atomic E-state index is 12.4. The Bertz CT molecular complexity index is 913. The number of ketones is 1. The van der Waals surface area contributed by atoms with Gasteiger partial charge >= 0.3 is 5.97 Å². The Hall–Kier alpha value is -3.42. The van der Waals surface area contributed by atoms with E-state index in [-0.39, 0.29) is 22.8 Å². The van der Waals surface area contributed by atoms with Crippen molar-refractivity contribution in [2.75, 3.05) is 13.7 Å². The molecular weight excluding hydrogens is 352 g/mol. The summed E-state index contributed by atoms with van der Waals surface area (Å²) in [6, 6.07) is 5.30. The third-order valence-electron chi connectivity index (χ3n) is 4.13. The van der Waals surface area contributed by atoms with Crippen LogP contribution < -0.4 is 4.74 Å². The SMILES string of the molecule is C=CCn1c(C)cc(C(=O)COC(=O)c2cc([N+](=O)[O-])ccc2OC)c1C. The first-order valence-corrected chi connectivity index (χ1v) is 8.10. The van der Waals surface area contributed by atoms with Gasteiger partial charge in [-0.2, -0.15) is 0 Å². The fourth-order valence-electron chi connectivity index (χ4n) is 2.75. The van der Waals surface area contributed by atoms with Crippen molar-refractivity contribution in [3.63, 3.8) is 0 Å². The second-order valence-corrected chi connectivity index (χ2v) is 5.83. The predicted octanol–water partition coefficient (Wildman–Crippen LogP) is 3.25. The number of nitro benzene ring substituents is 1. The van der Waals surface area contributed by atoms with Crippen LogP contribution in [0.1, 0.15) is 32.1 Å². The van der Waals surface area contributed by atoms with Crippen LogP contribution in [0.15, 0.2) is 36.9 Å². The van der Waals surface area contributed by atoms with Crippen LogP contribution in [0.5, 0.6) is 5.75 Å². The Balaban J connectivity index is 2.17. The first-order valence-electron chi connectivity index (χ1n) is 8.10. The monoisotopic (exact) mass is 372 g/mol. The molecule has 0 unspecified atom stereocenters. The van der Waals surface area contributed by atoms with Gasteiger partial charge in [-0.3, -0.25) is 14.9 Å². The molecule has 2 aromatic rings. The third-order valence-corrected chi connectivity index (χ3v) is 4.13. The highest BCUT2D eigenvalue weighted by atomic mass is 16.6. The Morgan fingerprint density at radius 1 is 1.26 bits per heavy atom. The quantitative estimate of drug-likeness (QED) is 0.232. The second kappa shape index (κ2) is 8.31. The molecule has 0 aliphatic rings. The van der Waals surface area contributed by atoms with E-state index in [0.717, 1.165) is 17.5 Å². The van der Waals surface area contributed by atoms with E-state index < -0.39 is 17.5 Å². The number of rotatable bonds is 8. The molecule has 0 N–H and O–H groups in total. The van der Waals surface area contributed by atoms with Crippen LogP contribution in [-0.2, 0) is 11.3 Å². The molecule has 8 heteroatoms. The summed E-state index contributed by atoms with van der Waals surface area (Å²) in [7, 11) is 1.33. The van der Waals surface area contributed by atoms with Crippen LogP contribution in [0, 0.1) is 24.0 Å². The lowest BCUT2D eigenvalue weighted by atomic mass is 10.1. The molecule has 27 heavy (non-hydrogen) atoms. The number of methoxy groups -OCH3 is 1. The number of carbonyl (C=O) groups excluding carboxylic acids is 2. The Morgan fingerprint density at radius 2 is 1.96 bits per heavy atom. The number of nitro groups is 1. The summed E-state index contributed by atoms with van der Waals surface area (Å²) in [4.78, 5) is 35.0. The fraction of sp³-hybridized carbons (Fsp3) is 0.263. The largest absolute Gasteiger partial charge is 0.496 e. The van der Waals surface area contributed by atoms with E-state index in [9.17, 15) is 19.7 Å². The average Bonchev–Trinajstić information content (AvgIpc) is 2.93. The van der Waals surface area contributed by atoms with Crippen molar-refractivity contribution in [2.45, 2.75) is 20.4 Å². The number of aromatic nitrogens is 1. The smallest absolute Gasteiger partial charge is 0.342 e. The summed E-state index contributed by atoms with van der Waals surface area (Å²) in [5, 5.41) is 10.9. The number of carbonyl (C=O) groups is 2. The number of Topliss-reactive ketones (excluding diaryl/α,β-unsaturated/α-hetero) is 1. The van der Waals surface area contributed by atoms with Crippen LogP contribution >= 0.6 is 0 Å². The molecule has 0 radical (unpaired) electrons. The summed E-state index contributed by atoms with van der Waals surface area (Å²) in [6.07, 6.45) is 1.73. The van der Waals surface area contributed by atoms with E-state index in [2.05, 4.69) is 6.58 Å². The van der Waals surface area contributed by atoms with E-state index in [0.29, 0.717) is 12.1 Å². The molecule has 0 aliphatic carbocycles. The van der Waals surface area contributed by atoms with E-state index in [1.165, 1.54) is 19.2 Å². The van der Waals surface area contributed by atoms with Gasteiger partial charge in [0.25, 0.3) is 5.69 Å². The van der Waals surface area contributed by atoms with Crippen LogP contribution in [0.2, 0.25) is 0 Å². The van der Waals surface area contributed by atoms with E-state index in [1.54, 1.807) is 19.1 Å². The number of aryl methyl sites for hydroxylation is 1. The van der Waals surface area contributed by atoms with Crippen molar-refractivity contribution in [3.8, 4) is 5.75 Å². The van der Waals surface area contributed by atoms with Crippen molar-refractivity contribution < 1.29 is 24.0 Å². The maximum Gasteiger partial charge on any atom is 0.342 e. The third kappa shape index (κ3) is 4.22. The van der Waals surface area contributed by atoms with Crippen LogP contribution in [-0.4, -0.2) is 35.0 Å². The van der Waals surface area contributed by atoms with E-state index >= 15 is 0 Å². The van der Waals surface area contributed by atoms with Crippen LogP contribution in [0.4, 0.5) is 5.69 Å². The Morgan fingerprint density at radius 3 is 2.56 bits per heavy atom. The Labute approximate surface area is 156 Å². The van der Waals surface area contributed by atoms with Crippen molar-refractivity contribution in [2.24, 2.45) is 0 Å². The van der Waals surface area contributed by atoms with Gasteiger partial charge in [-0.15, -0.1) is 6.58 Å². The molecule has 0 spiro atoms. The van der Waals surface area contributed by atoms with Gasteiger partial charge in [0.15, 0.2) is 6.61 Å². The zero-order valence-corrected chi connectivity index (χ0v) is 15.4. The van der Waals surface area contributed by atoms with Crippen molar-refractivity contribution in [3.05, 3.63) is 69.5 Å². The molecular formula is C19H20N2O6. The van der Waals surface area contributed by atoms with Crippen LogP contribution in [0.25, 0.3) is 0 Å². The fourth-order valence-corrected chi connectivity index (χ4v) is 2.75. The van der Waals surface area contributed by atoms with Gasteiger partial charge < -0.3 is 14.0 Å². The van der Waals surface area contributed by atoms with E-state index in [1.807, 2.05) is 11.5 Å². The van der Waals surface area contributed by atoms with Gasteiger partial charge in [0.1, 0.15) is 11.3 Å². The van der Waals surface area contributed by atoms with Gasteiger partial charge in [0, 0.05) is 35.6 Å². The Kier molecular flexibility index (Phi) is 6.12. The van der Waals surface area contributed by atoms with Gasteiger partial charge in [-0.05, 0) is 26.0 Å². The number of non-ortho nitro benzene ring substituents is 1. The summed E-state index contributed by atoms with van der Waals surface area (Å²) >= 11 is 0. The molecule has 1 heterocycles. The van der Waals surface area contributed by atoms with Gasteiger partial charge in [-0.1, -0.05) is 6.08 Å². The normalized spacial score (nSPS) is 10.3. The molecule has 142 valence electrons. The van der Waals surface area contributed by atoms with Crippen molar-refractivity contribution >= 4 is 17.4 Å². The maximum absolute atomic E-state index is 12.4. The minimum absolute atomic E-state index is 0.114. The minimum Gasteiger partial charge on any atom is -0.496 e. The zero-order chi connectivity index (χ0) is 20.1. The van der Waals surface area contributed by atoms with Crippen molar-refractivity contribution in [1.82, 2.24) is 4.57 Å². The lowest BCUT2D eigenvalue weighted by Crippen LogP contribution is -2.16. The minimum atomic E-state index is -0.871.